The predicted octanol–water partition coefficient (Wildman–Crippen LogP) is 7.29. The lowest BCUT2D eigenvalue weighted by Gasteiger charge is -2.44. The zero-order valence-corrected chi connectivity index (χ0v) is 25.0. The number of ether oxygens (including phenoxy) is 1. The van der Waals surface area contributed by atoms with E-state index in [0.717, 1.165) is 17.0 Å². The minimum Gasteiger partial charge on any atom is -0.481 e. The van der Waals surface area contributed by atoms with Gasteiger partial charge in [-0.1, -0.05) is 63.0 Å². The predicted molar refractivity (Wildman–Crippen MR) is 158 cm³/mol. The van der Waals surface area contributed by atoms with E-state index in [0.29, 0.717) is 48.1 Å². The quantitative estimate of drug-likeness (QED) is 0.387. The number of Topliss-reactive ketones (excluding diaryl/α,β-unsaturated/α-hetero) is 2. The van der Waals surface area contributed by atoms with Gasteiger partial charge in [0.05, 0.1) is 10.0 Å². The average molecular weight is 582 g/mol. The smallest absolute Gasteiger partial charge is 0.262 e. The first-order valence-corrected chi connectivity index (χ1v) is 14.3. The largest absolute Gasteiger partial charge is 0.481 e. The van der Waals surface area contributed by atoms with Crippen LogP contribution in [0.2, 0.25) is 10.0 Å². The third-order valence-electron chi connectivity index (χ3n) is 7.72. The highest BCUT2D eigenvalue weighted by atomic mass is 35.5. The topological polar surface area (TPSA) is 84.5 Å². The number of hydrogen-bond donors (Lipinski definition) is 2. The maximum absolute atomic E-state index is 13.6. The maximum atomic E-state index is 13.6. The van der Waals surface area contributed by atoms with Crippen LogP contribution in [0.1, 0.15) is 70.4 Å². The summed E-state index contributed by atoms with van der Waals surface area (Å²) in [6.07, 6.45) is 2.19. The van der Waals surface area contributed by atoms with Crippen molar-refractivity contribution in [1.82, 2.24) is 5.32 Å². The highest BCUT2D eigenvalue weighted by Gasteiger charge is 2.46. The van der Waals surface area contributed by atoms with E-state index in [4.69, 9.17) is 27.9 Å². The monoisotopic (exact) mass is 580 g/mol. The first kappa shape index (κ1) is 28.4. The van der Waals surface area contributed by atoms with Crippen LogP contribution in [0.25, 0.3) is 0 Å². The van der Waals surface area contributed by atoms with Gasteiger partial charge in [-0.05, 0) is 66.0 Å². The Morgan fingerprint density at radius 1 is 0.925 bits per heavy atom. The van der Waals surface area contributed by atoms with Crippen LogP contribution < -0.4 is 15.4 Å². The van der Waals surface area contributed by atoms with E-state index in [2.05, 4.69) is 38.3 Å². The Balaban J connectivity index is 1.47. The summed E-state index contributed by atoms with van der Waals surface area (Å²) in [4.78, 5) is 39.6. The molecular weight excluding hydrogens is 547 g/mol. The number of nitrogens with one attached hydrogen (secondary N) is 2. The van der Waals surface area contributed by atoms with E-state index < -0.39 is 5.92 Å². The lowest BCUT2D eigenvalue weighted by molar-refractivity contribution is -0.119. The van der Waals surface area contributed by atoms with E-state index in [9.17, 15) is 14.4 Å². The summed E-state index contributed by atoms with van der Waals surface area (Å²) in [7, 11) is 0. The summed E-state index contributed by atoms with van der Waals surface area (Å²) in [5.74, 6) is -0.694. The number of amides is 1. The Labute approximate surface area is 245 Å². The molecule has 1 aliphatic heterocycles. The molecular formula is C32H34Cl2N2O4. The Hall–Kier alpha value is -3.09. The van der Waals surface area contributed by atoms with E-state index in [1.54, 1.807) is 18.2 Å². The first-order chi connectivity index (χ1) is 18.7. The van der Waals surface area contributed by atoms with Crippen LogP contribution in [-0.4, -0.2) is 24.1 Å². The second kappa shape index (κ2) is 10.4. The Morgan fingerprint density at radius 3 is 2.00 bits per heavy atom. The minimum absolute atomic E-state index is 0.0216. The van der Waals surface area contributed by atoms with Crippen molar-refractivity contribution >= 4 is 46.4 Å². The highest BCUT2D eigenvalue weighted by Crippen LogP contribution is 2.52. The molecule has 2 N–H and O–H groups in total. The van der Waals surface area contributed by atoms with Gasteiger partial charge in [-0.25, -0.2) is 0 Å². The molecule has 3 aliphatic rings. The molecule has 5 rings (SSSR count). The number of hydrogen-bond acceptors (Lipinski definition) is 5. The normalized spacial score (nSPS) is 20.1. The van der Waals surface area contributed by atoms with Crippen molar-refractivity contribution in [2.24, 2.45) is 10.8 Å². The molecule has 0 bridgehead atoms. The standard InChI is InChI=1S/C32H34Cl2N2O4/c1-17-7-6-8-19(9-17)35-26(39)16-40-30-20(33)10-18(11-21(30)34)27-28-22(12-31(2,3)14-24(28)37)36-23-13-32(4,5)15-25(38)29(23)27/h6-11,27,36H,12-16H2,1-5H3,(H,35,39). The summed E-state index contributed by atoms with van der Waals surface area (Å²) in [6, 6.07) is 10.9. The number of carbonyl (C=O) groups excluding carboxylic acids is 3. The Kier molecular flexibility index (Phi) is 7.38. The van der Waals surface area contributed by atoms with Gasteiger partial charge >= 0.3 is 0 Å². The molecule has 2 aromatic carbocycles. The molecule has 0 saturated carbocycles. The van der Waals surface area contributed by atoms with E-state index in [1.807, 2.05) is 25.1 Å². The van der Waals surface area contributed by atoms with Gasteiger partial charge in [-0.3, -0.25) is 14.4 Å². The molecule has 0 atom stereocenters. The summed E-state index contributed by atoms with van der Waals surface area (Å²) in [6.45, 7) is 9.99. The van der Waals surface area contributed by atoms with Crippen LogP contribution in [-0.2, 0) is 14.4 Å². The first-order valence-electron chi connectivity index (χ1n) is 13.5. The third kappa shape index (κ3) is 5.70. The van der Waals surface area contributed by atoms with Gasteiger partial charge in [-0.2, -0.15) is 0 Å². The number of carbonyl (C=O) groups is 3. The number of dihydropyridines is 1. The molecule has 40 heavy (non-hydrogen) atoms. The summed E-state index contributed by atoms with van der Waals surface area (Å²) >= 11 is 13.3. The summed E-state index contributed by atoms with van der Waals surface area (Å²) in [5.41, 5.74) is 4.95. The van der Waals surface area contributed by atoms with Gasteiger partial charge in [-0.15, -0.1) is 0 Å². The minimum atomic E-state index is -0.563. The number of anilines is 1. The number of rotatable bonds is 5. The number of allylic oxidation sites excluding steroid dienone is 4. The second-order valence-corrected chi connectivity index (χ2v) is 13.6. The van der Waals surface area contributed by atoms with Crippen LogP contribution in [0, 0.1) is 17.8 Å². The Morgan fingerprint density at radius 2 is 1.48 bits per heavy atom. The fourth-order valence-corrected chi connectivity index (χ4v) is 6.78. The van der Waals surface area contributed by atoms with Crippen molar-refractivity contribution in [3.8, 4) is 5.75 Å². The van der Waals surface area contributed by atoms with Gasteiger partial charge in [0, 0.05) is 47.0 Å². The van der Waals surface area contributed by atoms with E-state index in [1.165, 1.54) is 0 Å². The fraction of sp³-hybridized carbons (Fsp3) is 0.406. The van der Waals surface area contributed by atoms with Gasteiger partial charge in [0.2, 0.25) is 0 Å². The van der Waals surface area contributed by atoms with Gasteiger partial charge in [0.15, 0.2) is 23.9 Å². The molecule has 0 spiro atoms. The van der Waals surface area contributed by atoms with Gasteiger partial charge < -0.3 is 15.4 Å². The number of halogens is 2. The lowest BCUT2D eigenvalue weighted by atomic mass is 9.64. The van der Waals surface area contributed by atoms with Crippen molar-refractivity contribution in [3.63, 3.8) is 0 Å². The maximum Gasteiger partial charge on any atom is 0.262 e. The Bertz CT molecular complexity index is 1430. The molecule has 2 aromatic rings. The average Bonchev–Trinajstić information content (AvgIpc) is 2.80. The SMILES string of the molecule is Cc1cccc(NC(=O)COc2c(Cl)cc(C3C4=C(CC(C)(C)CC4=O)NC4=C3C(=O)CC(C)(C)C4)cc2Cl)c1. The highest BCUT2D eigenvalue weighted by molar-refractivity contribution is 6.37. The van der Waals surface area contributed by atoms with Crippen LogP contribution in [0.3, 0.4) is 0 Å². The van der Waals surface area contributed by atoms with Gasteiger partial charge in [0.25, 0.3) is 5.91 Å². The van der Waals surface area contributed by atoms with Crippen molar-refractivity contribution in [1.29, 1.82) is 0 Å². The van der Waals surface area contributed by atoms with Crippen LogP contribution in [0.4, 0.5) is 5.69 Å². The van der Waals surface area contributed by atoms with Crippen molar-refractivity contribution in [3.05, 3.63) is 80.1 Å². The summed E-state index contributed by atoms with van der Waals surface area (Å²) < 4.78 is 5.74. The van der Waals surface area contributed by atoms with E-state index >= 15 is 0 Å². The molecule has 8 heteroatoms. The number of aryl methyl sites for hydroxylation is 1. The molecule has 0 radical (unpaired) electrons. The third-order valence-corrected chi connectivity index (χ3v) is 8.28. The second-order valence-electron chi connectivity index (χ2n) is 12.7. The molecule has 1 amide bonds. The zero-order chi connectivity index (χ0) is 29.0. The fourth-order valence-electron chi connectivity index (χ4n) is 6.16. The van der Waals surface area contributed by atoms with Crippen LogP contribution >= 0.6 is 23.2 Å². The van der Waals surface area contributed by atoms with Crippen molar-refractivity contribution in [2.45, 2.75) is 66.2 Å². The van der Waals surface area contributed by atoms with Crippen LogP contribution in [0.15, 0.2) is 58.9 Å². The van der Waals surface area contributed by atoms with Crippen molar-refractivity contribution < 1.29 is 19.1 Å². The molecule has 0 unspecified atom stereocenters. The number of benzene rings is 2. The molecule has 0 aromatic heterocycles. The molecule has 2 aliphatic carbocycles. The molecule has 0 fully saturated rings. The lowest BCUT2D eigenvalue weighted by Crippen LogP contribution is -2.42. The number of ketones is 2. The van der Waals surface area contributed by atoms with Crippen LogP contribution in [0.5, 0.6) is 5.75 Å². The molecule has 210 valence electrons. The molecule has 6 nitrogen and oxygen atoms in total. The summed E-state index contributed by atoms with van der Waals surface area (Å²) in [5, 5.41) is 6.72. The van der Waals surface area contributed by atoms with Crippen molar-refractivity contribution in [2.75, 3.05) is 11.9 Å². The van der Waals surface area contributed by atoms with Gasteiger partial charge in [0.1, 0.15) is 0 Å². The molecule has 1 heterocycles. The van der Waals surface area contributed by atoms with E-state index in [-0.39, 0.29) is 50.7 Å². The molecule has 0 saturated heterocycles. The zero-order valence-electron chi connectivity index (χ0n) is 23.5.